The van der Waals surface area contributed by atoms with E-state index in [9.17, 15) is 4.79 Å². The lowest BCUT2D eigenvalue weighted by molar-refractivity contribution is 0.102. The molecule has 0 aliphatic carbocycles. The second-order valence-corrected chi connectivity index (χ2v) is 7.44. The fraction of sp³-hybridized carbons (Fsp3) is 0.0870. The highest BCUT2D eigenvalue weighted by Gasteiger charge is 2.14. The molecule has 0 saturated carbocycles. The molecule has 0 spiro atoms. The summed E-state index contributed by atoms with van der Waals surface area (Å²) in [5, 5.41) is 5.44. The van der Waals surface area contributed by atoms with E-state index in [2.05, 4.69) is 53.4 Å². The minimum absolute atomic E-state index is 0.184. The van der Waals surface area contributed by atoms with Crippen molar-refractivity contribution >= 4 is 22.4 Å². The van der Waals surface area contributed by atoms with Crippen LogP contribution in [0.3, 0.4) is 0 Å². The van der Waals surface area contributed by atoms with Gasteiger partial charge in [0.25, 0.3) is 5.91 Å². The summed E-state index contributed by atoms with van der Waals surface area (Å²) in [6.07, 6.45) is 3.20. The van der Waals surface area contributed by atoms with Crippen molar-refractivity contribution in [1.29, 1.82) is 0 Å². The van der Waals surface area contributed by atoms with Crippen LogP contribution in [0.4, 0.5) is 5.13 Å². The number of nitrogens with zero attached hydrogens (tertiary/aromatic N) is 2. The Morgan fingerprint density at radius 2 is 1.61 bits per heavy atom. The van der Waals surface area contributed by atoms with Gasteiger partial charge in [-0.15, -0.1) is 11.3 Å². The van der Waals surface area contributed by atoms with Crippen LogP contribution in [0.2, 0.25) is 0 Å². The van der Waals surface area contributed by atoms with Crippen LogP contribution < -0.4 is 5.32 Å². The summed E-state index contributed by atoms with van der Waals surface area (Å²) in [6, 6.07) is 18.1. The van der Waals surface area contributed by atoms with E-state index in [1.807, 2.05) is 23.6 Å². The normalized spacial score (nSPS) is 10.6. The van der Waals surface area contributed by atoms with Crippen LogP contribution in [0, 0.1) is 13.8 Å². The lowest BCUT2D eigenvalue weighted by Gasteiger charge is -2.11. The van der Waals surface area contributed by atoms with Crippen molar-refractivity contribution in [2.45, 2.75) is 13.8 Å². The molecule has 2 aromatic carbocycles. The average Bonchev–Trinajstić information content (AvgIpc) is 3.16. The molecule has 0 unspecified atom stereocenters. The molecule has 4 nitrogen and oxygen atoms in total. The first-order valence-electron chi connectivity index (χ1n) is 8.96. The molecular weight excluding hydrogens is 366 g/mol. The van der Waals surface area contributed by atoms with Gasteiger partial charge in [0, 0.05) is 28.9 Å². The molecule has 0 bridgehead atoms. The molecule has 138 valence electrons. The number of thiazole rings is 1. The molecule has 0 aliphatic heterocycles. The van der Waals surface area contributed by atoms with Crippen molar-refractivity contribution in [1.82, 2.24) is 9.97 Å². The van der Waals surface area contributed by atoms with Crippen LogP contribution in [0.1, 0.15) is 21.5 Å². The van der Waals surface area contributed by atoms with Gasteiger partial charge in [-0.2, -0.15) is 0 Å². The molecule has 0 saturated heterocycles. The van der Waals surface area contributed by atoms with E-state index in [1.165, 1.54) is 22.5 Å². The molecule has 28 heavy (non-hydrogen) atoms. The van der Waals surface area contributed by atoms with Gasteiger partial charge in [0.2, 0.25) is 0 Å². The maximum Gasteiger partial charge on any atom is 0.257 e. The number of aryl methyl sites for hydroxylation is 2. The number of carbonyl (C=O) groups is 1. The van der Waals surface area contributed by atoms with Crippen molar-refractivity contribution in [3.63, 3.8) is 0 Å². The van der Waals surface area contributed by atoms with Crippen molar-refractivity contribution in [2.24, 2.45) is 0 Å². The minimum atomic E-state index is -0.184. The van der Waals surface area contributed by atoms with Gasteiger partial charge < -0.3 is 0 Å². The predicted molar refractivity (Wildman–Crippen MR) is 115 cm³/mol. The smallest absolute Gasteiger partial charge is 0.257 e. The highest BCUT2D eigenvalue weighted by atomic mass is 32.1. The molecule has 1 N–H and O–H groups in total. The van der Waals surface area contributed by atoms with Gasteiger partial charge in [0.05, 0.1) is 5.69 Å². The summed E-state index contributed by atoms with van der Waals surface area (Å²) in [4.78, 5) is 20.9. The Hall–Kier alpha value is -3.31. The van der Waals surface area contributed by atoms with E-state index in [-0.39, 0.29) is 5.91 Å². The van der Waals surface area contributed by atoms with Crippen LogP contribution in [-0.4, -0.2) is 15.9 Å². The quantitative estimate of drug-likeness (QED) is 0.487. The first kappa shape index (κ1) is 18.1. The summed E-state index contributed by atoms with van der Waals surface area (Å²) in [5.74, 6) is -0.184. The van der Waals surface area contributed by atoms with E-state index in [0.717, 1.165) is 22.4 Å². The summed E-state index contributed by atoms with van der Waals surface area (Å²) < 4.78 is 0. The standard InChI is InChI=1S/C23H19N3OS/c1-15-12-19(17-6-4-3-5-7-17)13-16(2)21(15)20-14-28-23(25-20)26-22(27)18-8-10-24-11-9-18/h3-14H,1-2H3,(H,25,26,27). The summed E-state index contributed by atoms with van der Waals surface area (Å²) in [6.45, 7) is 4.20. The molecule has 0 atom stereocenters. The Morgan fingerprint density at radius 3 is 2.29 bits per heavy atom. The predicted octanol–water partition coefficient (Wildman–Crippen LogP) is 5.74. The largest absolute Gasteiger partial charge is 0.298 e. The third-order valence-electron chi connectivity index (χ3n) is 4.56. The summed E-state index contributed by atoms with van der Waals surface area (Å²) in [7, 11) is 0. The molecule has 0 aliphatic rings. The van der Waals surface area contributed by atoms with Gasteiger partial charge >= 0.3 is 0 Å². The van der Waals surface area contributed by atoms with Crippen LogP contribution in [0.25, 0.3) is 22.4 Å². The minimum Gasteiger partial charge on any atom is -0.298 e. The molecule has 5 heteroatoms. The maximum atomic E-state index is 12.3. The zero-order chi connectivity index (χ0) is 19.5. The maximum absolute atomic E-state index is 12.3. The molecular formula is C23H19N3OS. The third kappa shape index (κ3) is 3.70. The van der Waals surface area contributed by atoms with E-state index < -0.39 is 0 Å². The number of hydrogen-bond acceptors (Lipinski definition) is 4. The zero-order valence-electron chi connectivity index (χ0n) is 15.6. The monoisotopic (exact) mass is 385 g/mol. The highest BCUT2D eigenvalue weighted by molar-refractivity contribution is 7.14. The molecule has 0 fully saturated rings. The number of carbonyl (C=O) groups excluding carboxylic acids is 1. The topological polar surface area (TPSA) is 54.9 Å². The Bertz CT molecular complexity index is 1100. The molecule has 4 aromatic rings. The molecule has 2 heterocycles. The van der Waals surface area contributed by atoms with Gasteiger partial charge in [-0.3, -0.25) is 15.1 Å². The summed E-state index contributed by atoms with van der Waals surface area (Å²) >= 11 is 1.43. The van der Waals surface area contributed by atoms with Crippen molar-refractivity contribution in [2.75, 3.05) is 5.32 Å². The number of aromatic nitrogens is 2. The SMILES string of the molecule is Cc1cc(-c2ccccc2)cc(C)c1-c1csc(NC(=O)c2ccncc2)n1. The van der Waals surface area contributed by atoms with E-state index >= 15 is 0 Å². The van der Waals surface area contributed by atoms with E-state index in [0.29, 0.717) is 10.7 Å². The number of rotatable bonds is 4. The number of nitrogens with one attached hydrogen (secondary N) is 1. The second kappa shape index (κ2) is 7.74. The second-order valence-electron chi connectivity index (χ2n) is 6.58. The van der Waals surface area contributed by atoms with Gasteiger partial charge in [0.1, 0.15) is 0 Å². The first-order valence-corrected chi connectivity index (χ1v) is 9.84. The Kier molecular flexibility index (Phi) is 5.00. The number of pyridine rings is 1. The zero-order valence-corrected chi connectivity index (χ0v) is 16.5. The van der Waals surface area contributed by atoms with Gasteiger partial charge in [0.15, 0.2) is 5.13 Å². The Labute approximate surface area is 167 Å². The molecule has 2 aromatic heterocycles. The summed E-state index contributed by atoms with van der Waals surface area (Å²) in [5.41, 5.74) is 7.27. The average molecular weight is 385 g/mol. The van der Waals surface area contributed by atoms with Crippen LogP contribution >= 0.6 is 11.3 Å². The van der Waals surface area contributed by atoms with E-state index in [1.54, 1.807) is 24.5 Å². The number of anilines is 1. The third-order valence-corrected chi connectivity index (χ3v) is 5.32. The lowest BCUT2D eigenvalue weighted by Crippen LogP contribution is -2.11. The van der Waals surface area contributed by atoms with Gasteiger partial charge in [-0.1, -0.05) is 42.5 Å². The molecule has 0 radical (unpaired) electrons. The van der Waals surface area contributed by atoms with E-state index in [4.69, 9.17) is 0 Å². The first-order chi connectivity index (χ1) is 13.6. The van der Waals surface area contributed by atoms with Crippen LogP contribution in [0.15, 0.2) is 72.4 Å². The number of hydrogen-bond donors (Lipinski definition) is 1. The fourth-order valence-electron chi connectivity index (χ4n) is 3.28. The van der Waals surface area contributed by atoms with Crippen LogP contribution in [-0.2, 0) is 0 Å². The van der Waals surface area contributed by atoms with Gasteiger partial charge in [-0.05, 0) is 48.2 Å². The fourth-order valence-corrected chi connectivity index (χ4v) is 3.98. The van der Waals surface area contributed by atoms with Crippen molar-refractivity contribution in [3.8, 4) is 22.4 Å². The number of benzene rings is 2. The molecule has 4 rings (SSSR count). The highest BCUT2D eigenvalue weighted by Crippen LogP contribution is 2.33. The lowest BCUT2D eigenvalue weighted by atomic mass is 9.94. The Balaban J connectivity index is 1.61. The van der Waals surface area contributed by atoms with Crippen molar-refractivity contribution in [3.05, 3.63) is 89.1 Å². The Morgan fingerprint density at radius 1 is 0.929 bits per heavy atom. The molecule has 1 amide bonds. The van der Waals surface area contributed by atoms with Gasteiger partial charge in [-0.25, -0.2) is 4.98 Å². The van der Waals surface area contributed by atoms with Crippen molar-refractivity contribution < 1.29 is 4.79 Å². The van der Waals surface area contributed by atoms with Crippen LogP contribution in [0.5, 0.6) is 0 Å². The number of amides is 1.